The van der Waals surface area contributed by atoms with Gasteiger partial charge in [-0.3, -0.25) is 9.59 Å². The number of benzene rings is 1. The summed E-state index contributed by atoms with van der Waals surface area (Å²) in [6, 6.07) is 9.01. The third-order valence-electron chi connectivity index (χ3n) is 7.40. The molecule has 0 N–H and O–H groups in total. The van der Waals surface area contributed by atoms with E-state index in [1.165, 1.54) is 0 Å². The van der Waals surface area contributed by atoms with Gasteiger partial charge in [0.25, 0.3) is 0 Å². The minimum atomic E-state index is -0.465. The van der Waals surface area contributed by atoms with E-state index >= 15 is 0 Å². The van der Waals surface area contributed by atoms with E-state index in [9.17, 15) is 14.4 Å². The average molecular weight is 419 g/mol. The molecule has 1 saturated carbocycles. The van der Waals surface area contributed by atoms with Crippen molar-refractivity contribution in [3.05, 3.63) is 70.8 Å². The van der Waals surface area contributed by atoms with Gasteiger partial charge in [0.1, 0.15) is 6.10 Å². The first-order valence-corrected chi connectivity index (χ1v) is 11.1. The van der Waals surface area contributed by atoms with Crippen molar-refractivity contribution in [2.24, 2.45) is 22.7 Å². The highest BCUT2D eigenvalue weighted by molar-refractivity contribution is 6.46. The molecule has 4 rings (SSSR count). The number of hydrogen-bond donors (Lipinski definition) is 0. The van der Waals surface area contributed by atoms with Crippen LogP contribution in [-0.2, 0) is 14.3 Å². The number of ketones is 2. The Bertz CT molecular complexity index is 1040. The fraction of sp³-hybridized carbons (Fsp3) is 0.444. The summed E-state index contributed by atoms with van der Waals surface area (Å²) in [6.07, 6.45) is 7.02. The Balaban J connectivity index is 1.69. The lowest BCUT2D eigenvalue weighted by Crippen LogP contribution is -2.53. The van der Waals surface area contributed by atoms with Crippen molar-refractivity contribution >= 4 is 17.5 Å². The lowest BCUT2D eigenvalue weighted by Gasteiger charge is -2.54. The molecule has 31 heavy (non-hydrogen) atoms. The molecule has 3 atom stereocenters. The minimum absolute atomic E-state index is 0.0149. The molecule has 0 amide bonds. The van der Waals surface area contributed by atoms with E-state index in [-0.39, 0.29) is 29.6 Å². The van der Waals surface area contributed by atoms with Crippen molar-refractivity contribution in [3.63, 3.8) is 0 Å². The molecule has 0 unspecified atom stereocenters. The Kier molecular flexibility index (Phi) is 5.15. The maximum absolute atomic E-state index is 13.2. The van der Waals surface area contributed by atoms with Crippen LogP contribution in [0.25, 0.3) is 0 Å². The number of esters is 1. The van der Waals surface area contributed by atoms with Crippen molar-refractivity contribution in [1.82, 2.24) is 0 Å². The fourth-order valence-electron chi connectivity index (χ4n) is 5.68. The zero-order valence-corrected chi connectivity index (χ0v) is 18.9. The highest BCUT2D eigenvalue weighted by Gasteiger charge is 2.57. The van der Waals surface area contributed by atoms with Crippen LogP contribution < -0.4 is 0 Å². The van der Waals surface area contributed by atoms with Gasteiger partial charge in [0.2, 0.25) is 11.6 Å². The van der Waals surface area contributed by atoms with Crippen LogP contribution in [0.5, 0.6) is 0 Å². The Morgan fingerprint density at radius 3 is 2.39 bits per heavy atom. The van der Waals surface area contributed by atoms with Gasteiger partial charge < -0.3 is 4.74 Å². The van der Waals surface area contributed by atoms with E-state index in [0.29, 0.717) is 24.0 Å². The monoisotopic (exact) mass is 418 g/mol. The van der Waals surface area contributed by atoms with Gasteiger partial charge in [0, 0.05) is 16.4 Å². The van der Waals surface area contributed by atoms with Crippen LogP contribution in [0.1, 0.15) is 57.8 Å². The second kappa shape index (κ2) is 7.44. The van der Waals surface area contributed by atoms with E-state index in [1.807, 2.05) is 44.2 Å². The number of hydrogen-bond acceptors (Lipinski definition) is 4. The van der Waals surface area contributed by atoms with Crippen molar-refractivity contribution in [1.29, 1.82) is 0 Å². The SMILES string of the molecule is CC(C)C1=CC2=CC=C3C(C)(C)[C@@H](OC(=O)c4ccccc4)CC[C@]3(C)[C@@H]2C(=O)C1=O. The van der Waals surface area contributed by atoms with E-state index in [0.717, 1.165) is 11.1 Å². The highest BCUT2D eigenvalue weighted by Crippen LogP contribution is 2.59. The zero-order valence-electron chi connectivity index (χ0n) is 18.9. The Morgan fingerprint density at radius 1 is 1.06 bits per heavy atom. The van der Waals surface area contributed by atoms with Gasteiger partial charge in [-0.05, 0) is 36.5 Å². The molecular weight excluding hydrogens is 388 g/mol. The highest BCUT2D eigenvalue weighted by atomic mass is 16.5. The largest absolute Gasteiger partial charge is 0.458 e. The first-order chi connectivity index (χ1) is 14.6. The van der Waals surface area contributed by atoms with Crippen LogP contribution in [-0.4, -0.2) is 23.6 Å². The van der Waals surface area contributed by atoms with Crippen LogP contribution in [0.2, 0.25) is 0 Å². The fourth-order valence-corrected chi connectivity index (χ4v) is 5.68. The predicted octanol–water partition coefficient (Wildman–Crippen LogP) is 5.26. The lowest BCUT2D eigenvalue weighted by molar-refractivity contribution is -0.139. The van der Waals surface area contributed by atoms with E-state index in [4.69, 9.17) is 4.74 Å². The summed E-state index contributed by atoms with van der Waals surface area (Å²) in [5, 5.41) is 0. The Labute approximate surface area is 184 Å². The number of fused-ring (bicyclic) bond motifs is 3. The number of rotatable bonds is 3. The molecule has 3 aliphatic carbocycles. The van der Waals surface area contributed by atoms with Gasteiger partial charge in [-0.25, -0.2) is 4.79 Å². The van der Waals surface area contributed by atoms with E-state index in [2.05, 4.69) is 26.8 Å². The molecule has 4 heteroatoms. The van der Waals surface area contributed by atoms with Crippen LogP contribution in [0.4, 0.5) is 0 Å². The molecule has 0 aliphatic heterocycles. The topological polar surface area (TPSA) is 60.4 Å². The van der Waals surface area contributed by atoms with Crippen LogP contribution in [0.3, 0.4) is 0 Å². The van der Waals surface area contributed by atoms with Crippen LogP contribution >= 0.6 is 0 Å². The zero-order chi connectivity index (χ0) is 22.6. The number of Topliss-reactive ketones (excluding diaryl/α,β-unsaturated/α-hetero) is 2. The first kappa shape index (κ1) is 21.5. The second-order valence-corrected chi connectivity index (χ2v) is 10.1. The van der Waals surface area contributed by atoms with Gasteiger partial charge in [-0.2, -0.15) is 0 Å². The number of carbonyl (C=O) groups excluding carboxylic acids is 3. The molecule has 0 heterocycles. The van der Waals surface area contributed by atoms with Gasteiger partial charge in [0.05, 0.1) is 11.5 Å². The van der Waals surface area contributed by atoms with Crippen molar-refractivity contribution in [3.8, 4) is 0 Å². The number of allylic oxidation sites excluding steroid dienone is 5. The van der Waals surface area contributed by atoms with Gasteiger partial charge in [-0.15, -0.1) is 0 Å². The Hall–Kier alpha value is -2.75. The average Bonchev–Trinajstić information content (AvgIpc) is 2.72. The van der Waals surface area contributed by atoms with Crippen LogP contribution in [0, 0.1) is 22.7 Å². The summed E-state index contributed by atoms with van der Waals surface area (Å²) in [6.45, 7) is 10.1. The molecule has 0 saturated heterocycles. The molecule has 1 aromatic rings. The summed E-state index contributed by atoms with van der Waals surface area (Å²) in [5.74, 6) is -1.44. The first-order valence-electron chi connectivity index (χ1n) is 11.1. The molecular formula is C27H30O4. The molecule has 0 radical (unpaired) electrons. The van der Waals surface area contributed by atoms with E-state index < -0.39 is 16.7 Å². The number of carbonyl (C=O) groups is 3. The maximum Gasteiger partial charge on any atom is 0.338 e. The normalized spacial score (nSPS) is 29.4. The molecule has 0 aromatic heterocycles. The molecule has 162 valence electrons. The smallest absolute Gasteiger partial charge is 0.338 e. The Morgan fingerprint density at radius 2 is 1.74 bits per heavy atom. The van der Waals surface area contributed by atoms with Crippen molar-refractivity contribution < 1.29 is 19.1 Å². The van der Waals surface area contributed by atoms with Gasteiger partial charge >= 0.3 is 5.97 Å². The predicted molar refractivity (Wildman–Crippen MR) is 119 cm³/mol. The lowest BCUT2D eigenvalue weighted by atomic mass is 9.50. The van der Waals surface area contributed by atoms with Crippen molar-refractivity contribution in [2.45, 2.75) is 53.6 Å². The number of ether oxygens (including phenoxy) is 1. The maximum atomic E-state index is 13.2. The molecule has 0 spiro atoms. The van der Waals surface area contributed by atoms with Gasteiger partial charge in [-0.1, -0.05) is 76.6 Å². The summed E-state index contributed by atoms with van der Waals surface area (Å²) >= 11 is 0. The molecule has 4 nitrogen and oxygen atoms in total. The molecule has 3 aliphatic rings. The third-order valence-corrected chi connectivity index (χ3v) is 7.40. The minimum Gasteiger partial charge on any atom is -0.458 e. The summed E-state index contributed by atoms with van der Waals surface area (Å²) in [4.78, 5) is 38.8. The van der Waals surface area contributed by atoms with Crippen LogP contribution in [0.15, 0.2) is 65.3 Å². The quantitative estimate of drug-likeness (QED) is 0.497. The van der Waals surface area contributed by atoms with Gasteiger partial charge in [0.15, 0.2) is 0 Å². The van der Waals surface area contributed by atoms with E-state index in [1.54, 1.807) is 12.1 Å². The summed E-state index contributed by atoms with van der Waals surface area (Å²) < 4.78 is 5.95. The molecule has 1 fully saturated rings. The molecule has 1 aromatic carbocycles. The standard InChI is InChI=1S/C27H30O4/c1-16(2)19-15-18-11-12-20-26(3,4)21(31-25(30)17-9-7-6-8-10-17)13-14-27(20,5)22(18)24(29)23(19)28/h6-12,15-16,21-22H,13-14H2,1-5H3/t21-,22-,27-/m0/s1. The van der Waals surface area contributed by atoms with Crippen molar-refractivity contribution in [2.75, 3.05) is 0 Å². The second-order valence-electron chi connectivity index (χ2n) is 10.1. The summed E-state index contributed by atoms with van der Waals surface area (Å²) in [7, 11) is 0. The summed E-state index contributed by atoms with van der Waals surface area (Å²) in [5.41, 5.74) is 2.21. The molecule has 0 bridgehead atoms. The third kappa shape index (κ3) is 3.33.